The van der Waals surface area contributed by atoms with Crippen molar-refractivity contribution in [2.24, 2.45) is 5.92 Å². The number of hydrogen-bond donors (Lipinski definition) is 1. The van der Waals surface area contributed by atoms with E-state index in [-0.39, 0.29) is 11.8 Å². The van der Waals surface area contributed by atoms with E-state index < -0.39 is 0 Å². The van der Waals surface area contributed by atoms with Gasteiger partial charge in [-0.05, 0) is 25.8 Å². The minimum Gasteiger partial charge on any atom is -0.352 e. The van der Waals surface area contributed by atoms with Gasteiger partial charge in [-0.3, -0.25) is 14.4 Å². The van der Waals surface area contributed by atoms with Crippen LogP contribution in [0.15, 0.2) is 12.3 Å². The molecule has 2 atom stereocenters. The Kier molecular flexibility index (Phi) is 3.55. The molecule has 19 heavy (non-hydrogen) atoms. The molecule has 5 heteroatoms. The van der Waals surface area contributed by atoms with Gasteiger partial charge in [-0.25, -0.2) is 0 Å². The Morgan fingerprint density at radius 2 is 2.32 bits per heavy atom. The quantitative estimate of drug-likeness (QED) is 0.884. The third-order valence-corrected chi connectivity index (χ3v) is 4.19. The second-order valence-electron chi connectivity index (χ2n) is 5.69. The van der Waals surface area contributed by atoms with Gasteiger partial charge >= 0.3 is 0 Å². The average molecular weight is 262 g/mol. The summed E-state index contributed by atoms with van der Waals surface area (Å²) in [6.45, 7) is 5.69. The fraction of sp³-hybridized carbons (Fsp3) is 0.714. The monoisotopic (exact) mass is 262 g/mol. The zero-order valence-electron chi connectivity index (χ0n) is 11.5. The minimum absolute atomic E-state index is 0.167. The summed E-state index contributed by atoms with van der Waals surface area (Å²) in [6.07, 6.45) is 5.34. The lowest BCUT2D eigenvalue weighted by Crippen LogP contribution is -2.38. The number of carbonyl (C=O) groups excluding carboxylic acids is 1. The minimum atomic E-state index is 0.167. The summed E-state index contributed by atoms with van der Waals surface area (Å²) < 4.78 is 1.96. The summed E-state index contributed by atoms with van der Waals surface area (Å²) in [6, 6.07) is 2.41. The number of likely N-dealkylation sites (tertiary alicyclic amines) is 1. The van der Waals surface area contributed by atoms with E-state index >= 15 is 0 Å². The van der Waals surface area contributed by atoms with Gasteiger partial charge in [0, 0.05) is 38.4 Å². The zero-order chi connectivity index (χ0) is 13.2. The van der Waals surface area contributed by atoms with Crippen molar-refractivity contribution in [2.75, 3.05) is 13.1 Å². The molecule has 1 N–H and O–H groups in total. The summed E-state index contributed by atoms with van der Waals surface area (Å²) in [4.78, 5) is 14.4. The summed E-state index contributed by atoms with van der Waals surface area (Å²) in [5, 5.41) is 7.70. The van der Waals surface area contributed by atoms with E-state index in [0.29, 0.717) is 6.04 Å². The molecule has 0 aliphatic carbocycles. The maximum atomic E-state index is 12.0. The smallest absolute Gasteiger partial charge is 0.224 e. The molecule has 2 aliphatic heterocycles. The van der Waals surface area contributed by atoms with Gasteiger partial charge in [-0.15, -0.1) is 0 Å². The zero-order valence-corrected chi connectivity index (χ0v) is 11.5. The Labute approximate surface area is 114 Å². The van der Waals surface area contributed by atoms with Crippen LogP contribution in [0, 0.1) is 5.92 Å². The Balaban J connectivity index is 1.69. The van der Waals surface area contributed by atoms with Crippen LogP contribution in [0.4, 0.5) is 0 Å². The number of amides is 1. The molecule has 0 aromatic carbocycles. The van der Waals surface area contributed by atoms with Crippen LogP contribution in [-0.2, 0) is 17.9 Å². The van der Waals surface area contributed by atoms with Gasteiger partial charge in [0.15, 0.2) is 0 Å². The average Bonchev–Trinajstić information content (AvgIpc) is 2.68. The first-order chi connectivity index (χ1) is 9.24. The predicted octanol–water partition coefficient (Wildman–Crippen LogP) is 1.00. The van der Waals surface area contributed by atoms with Crippen molar-refractivity contribution in [1.82, 2.24) is 20.0 Å². The van der Waals surface area contributed by atoms with Crippen molar-refractivity contribution in [3.63, 3.8) is 0 Å². The standard InChI is InChI=1S/C14H22N4O/c1-2-18-7-6-13(16-18)10-17-8-11-4-3-5-12(9-17)15-14(11)19/h6-7,11-12H,2-5,8-10H2,1H3,(H,15,19)/t11-,12+/m1/s1. The maximum absolute atomic E-state index is 12.0. The Bertz CT molecular complexity index is 456. The molecule has 2 bridgehead atoms. The predicted molar refractivity (Wildman–Crippen MR) is 72.4 cm³/mol. The molecule has 2 saturated heterocycles. The second kappa shape index (κ2) is 5.33. The molecule has 3 rings (SSSR count). The molecule has 104 valence electrons. The van der Waals surface area contributed by atoms with E-state index in [2.05, 4.69) is 28.3 Å². The molecule has 3 heterocycles. The Morgan fingerprint density at radius 3 is 3.11 bits per heavy atom. The van der Waals surface area contributed by atoms with E-state index in [0.717, 1.165) is 44.7 Å². The number of hydrogen-bond acceptors (Lipinski definition) is 3. The number of nitrogens with zero attached hydrogens (tertiary/aromatic N) is 3. The molecule has 0 radical (unpaired) electrons. The van der Waals surface area contributed by atoms with Gasteiger partial charge < -0.3 is 5.32 Å². The molecular weight excluding hydrogens is 240 g/mol. The summed E-state index contributed by atoms with van der Waals surface area (Å²) in [7, 11) is 0. The highest BCUT2D eigenvalue weighted by Gasteiger charge is 2.32. The van der Waals surface area contributed by atoms with Crippen molar-refractivity contribution < 1.29 is 4.79 Å². The van der Waals surface area contributed by atoms with Gasteiger partial charge in [0.2, 0.25) is 5.91 Å². The molecule has 0 saturated carbocycles. The summed E-state index contributed by atoms with van der Waals surface area (Å²) in [5.41, 5.74) is 1.11. The van der Waals surface area contributed by atoms with Crippen molar-refractivity contribution in [1.29, 1.82) is 0 Å². The lowest BCUT2D eigenvalue weighted by atomic mass is 9.99. The molecule has 0 spiro atoms. The second-order valence-corrected chi connectivity index (χ2v) is 5.69. The summed E-state index contributed by atoms with van der Waals surface area (Å²) >= 11 is 0. The lowest BCUT2D eigenvalue weighted by Gasteiger charge is -2.26. The van der Waals surface area contributed by atoms with Crippen LogP contribution < -0.4 is 5.32 Å². The van der Waals surface area contributed by atoms with Crippen LogP contribution in [0.25, 0.3) is 0 Å². The normalized spacial score (nSPS) is 27.9. The van der Waals surface area contributed by atoms with E-state index in [9.17, 15) is 4.79 Å². The van der Waals surface area contributed by atoms with Crippen LogP contribution in [0.5, 0.6) is 0 Å². The van der Waals surface area contributed by atoms with E-state index in [1.807, 2.05) is 10.9 Å². The van der Waals surface area contributed by atoms with Crippen LogP contribution in [0.1, 0.15) is 31.9 Å². The molecular formula is C14H22N4O. The molecule has 1 aromatic rings. The maximum Gasteiger partial charge on any atom is 0.224 e. The van der Waals surface area contributed by atoms with Gasteiger partial charge in [0.25, 0.3) is 0 Å². The first-order valence-electron chi connectivity index (χ1n) is 7.29. The Morgan fingerprint density at radius 1 is 1.42 bits per heavy atom. The fourth-order valence-electron chi connectivity index (χ4n) is 3.16. The molecule has 5 nitrogen and oxygen atoms in total. The van der Waals surface area contributed by atoms with Gasteiger partial charge in [-0.2, -0.15) is 5.10 Å². The number of fused-ring (bicyclic) bond motifs is 3. The third-order valence-electron chi connectivity index (χ3n) is 4.19. The topological polar surface area (TPSA) is 50.2 Å². The van der Waals surface area contributed by atoms with Crippen LogP contribution >= 0.6 is 0 Å². The highest BCUT2D eigenvalue weighted by atomic mass is 16.2. The number of carbonyl (C=O) groups is 1. The van der Waals surface area contributed by atoms with Crippen molar-refractivity contribution >= 4 is 5.91 Å². The first-order valence-corrected chi connectivity index (χ1v) is 7.29. The SMILES string of the molecule is CCn1ccc(CN2C[C@@H]3CCC[C@H](C2)C(=O)N3)n1. The van der Waals surface area contributed by atoms with Crippen molar-refractivity contribution in [2.45, 2.75) is 45.3 Å². The van der Waals surface area contributed by atoms with Gasteiger partial charge in [0.1, 0.15) is 0 Å². The number of nitrogens with one attached hydrogen (secondary N) is 1. The molecule has 0 unspecified atom stereocenters. The Hall–Kier alpha value is -1.36. The van der Waals surface area contributed by atoms with E-state index in [1.165, 1.54) is 6.42 Å². The summed E-state index contributed by atoms with van der Waals surface area (Å²) in [5.74, 6) is 0.421. The third kappa shape index (κ3) is 2.81. The van der Waals surface area contributed by atoms with Crippen LogP contribution in [0.2, 0.25) is 0 Å². The number of rotatable bonds is 3. The van der Waals surface area contributed by atoms with E-state index in [1.54, 1.807) is 0 Å². The fourth-order valence-corrected chi connectivity index (χ4v) is 3.16. The molecule has 1 amide bonds. The van der Waals surface area contributed by atoms with Crippen molar-refractivity contribution in [3.05, 3.63) is 18.0 Å². The molecule has 1 aromatic heterocycles. The highest BCUT2D eigenvalue weighted by molar-refractivity contribution is 5.79. The lowest BCUT2D eigenvalue weighted by molar-refractivity contribution is -0.124. The highest BCUT2D eigenvalue weighted by Crippen LogP contribution is 2.22. The first kappa shape index (κ1) is 12.7. The number of aromatic nitrogens is 2. The van der Waals surface area contributed by atoms with Crippen molar-refractivity contribution in [3.8, 4) is 0 Å². The van der Waals surface area contributed by atoms with Gasteiger partial charge in [-0.1, -0.05) is 6.42 Å². The largest absolute Gasteiger partial charge is 0.352 e. The molecule has 2 fully saturated rings. The molecule has 2 aliphatic rings. The van der Waals surface area contributed by atoms with E-state index in [4.69, 9.17) is 0 Å². The number of aryl methyl sites for hydroxylation is 1. The van der Waals surface area contributed by atoms with Crippen LogP contribution in [0.3, 0.4) is 0 Å². The van der Waals surface area contributed by atoms with Crippen LogP contribution in [-0.4, -0.2) is 39.7 Å². The van der Waals surface area contributed by atoms with Gasteiger partial charge in [0.05, 0.1) is 11.6 Å².